The van der Waals surface area contributed by atoms with Gasteiger partial charge in [0.25, 0.3) is 0 Å². The van der Waals surface area contributed by atoms with E-state index < -0.39 is 29.1 Å². The number of halogens is 1. The van der Waals surface area contributed by atoms with Gasteiger partial charge >= 0.3 is 131 Å². The molecule has 2 aliphatic rings. The summed E-state index contributed by atoms with van der Waals surface area (Å²) in [5, 5.41) is 10.4. The first kappa shape index (κ1) is 16.4. The van der Waals surface area contributed by atoms with Crippen molar-refractivity contribution in [2.75, 3.05) is 6.61 Å². The summed E-state index contributed by atoms with van der Waals surface area (Å²) in [4.78, 5) is 0. The average molecular weight is 479 g/mol. The monoisotopic (exact) mass is 480 g/mol. The molecule has 0 unspecified atom stereocenters. The summed E-state index contributed by atoms with van der Waals surface area (Å²) in [7, 11) is 6.04. The van der Waals surface area contributed by atoms with Crippen molar-refractivity contribution in [1.29, 1.82) is 0 Å². The second kappa shape index (κ2) is 6.45. The van der Waals surface area contributed by atoms with Crippen LogP contribution in [0.2, 0.25) is 3.93 Å². The first-order valence-electron chi connectivity index (χ1n) is 7.07. The van der Waals surface area contributed by atoms with E-state index in [1.807, 2.05) is 20.8 Å². The van der Waals surface area contributed by atoms with Gasteiger partial charge in [0.2, 0.25) is 0 Å². The summed E-state index contributed by atoms with van der Waals surface area (Å²) in [6, 6.07) is 0. The molecule has 0 aromatic heterocycles. The van der Waals surface area contributed by atoms with Gasteiger partial charge in [-0.25, -0.2) is 0 Å². The van der Waals surface area contributed by atoms with Gasteiger partial charge in [0.05, 0.1) is 0 Å². The van der Waals surface area contributed by atoms with Crippen LogP contribution in [0.15, 0.2) is 0 Å². The van der Waals surface area contributed by atoms with E-state index in [-0.39, 0.29) is 36.3 Å². The van der Waals surface area contributed by atoms with Crippen LogP contribution in [-0.4, -0.2) is 41.9 Å². The molecule has 0 radical (unpaired) electrons. The summed E-state index contributed by atoms with van der Waals surface area (Å²) < 4.78 is 18.7. The molecular weight excluding hydrogens is 456 g/mol. The molecule has 0 aromatic rings. The molecule has 2 fully saturated rings. The summed E-state index contributed by atoms with van der Waals surface area (Å²) in [6.07, 6.45) is -0.466. The molecule has 2 aliphatic heterocycles. The van der Waals surface area contributed by atoms with Crippen molar-refractivity contribution in [3.05, 3.63) is 0 Å². The van der Waals surface area contributed by atoms with Crippen LogP contribution in [0.3, 0.4) is 0 Å². The van der Waals surface area contributed by atoms with Crippen molar-refractivity contribution in [3.8, 4) is 0 Å². The van der Waals surface area contributed by atoms with Gasteiger partial charge in [-0.3, -0.25) is 0 Å². The van der Waals surface area contributed by atoms with Gasteiger partial charge < -0.3 is 0 Å². The fourth-order valence-electron chi connectivity index (χ4n) is 3.08. The zero-order valence-electron chi connectivity index (χ0n) is 12.1. The van der Waals surface area contributed by atoms with E-state index in [4.69, 9.17) is 22.5 Å². The Hall–Kier alpha value is 1.07. The maximum absolute atomic E-state index is 10.4. The third-order valence-electron chi connectivity index (χ3n) is 4.30. The summed E-state index contributed by atoms with van der Waals surface area (Å²) in [6.45, 7) is 8.43. The number of aliphatic hydroxyl groups excluding tert-OH is 1. The topological polar surface area (TPSA) is 47.9 Å². The molecule has 6 atom stereocenters. The first-order chi connectivity index (χ1) is 8.85. The van der Waals surface area contributed by atoms with Crippen molar-refractivity contribution in [1.82, 2.24) is 0 Å². The Balaban J connectivity index is 2.07. The first-order valence-corrected chi connectivity index (χ1v) is 17.7. The van der Waals surface area contributed by atoms with Crippen LogP contribution >= 0.6 is 8.25 Å². The SMILES string of the molecule is C[C@@H]1[C@@H](O)[C@@H](C)[C@@H]([CH2][Hg][Cl])O[C@H]1[C@H]1COC(C)(C)O1. The number of hydrogen-bond acceptors (Lipinski definition) is 4. The van der Waals surface area contributed by atoms with E-state index in [0.29, 0.717) is 6.61 Å². The van der Waals surface area contributed by atoms with E-state index in [0.717, 1.165) is 3.93 Å². The number of rotatable bonds is 3. The summed E-state index contributed by atoms with van der Waals surface area (Å²) in [5.41, 5.74) is 0. The molecule has 108 valence electrons. The van der Waals surface area contributed by atoms with Crippen molar-refractivity contribution < 1.29 is 42.7 Å². The fraction of sp³-hybridized carbons (Fsp3) is 1.00. The van der Waals surface area contributed by atoms with Crippen LogP contribution in [0, 0.1) is 11.8 Å². The second-order valence-corrected chi connectivity index (χ2v) is 13.2. The molecule has 1 N–H and O–H groups in total. The third kappa shape index (κ3) is 3.64. The predicted molar refractivity (Wildman–Crippen MR) is 68.6 cm³/mol. The number of ether oxygens (including phenoxy) is 3. The molecule has 0 amide bonds. The second-order valence-electron chi connectivity index (χ2n) is 6.19. The van der Waals surface area contributed by atoms with E-state index in [1.54, 1.807) is 0 Å². The minimum absolute atomic E-state index is 0.0562. The van der Waals surface area contributed by atoms with E-state index in [9.17, 15) is 5.11 Å². The third-order valence-corrected chi connectivity index (χ3v) is 9.28. The Morgan fingerprint density at radius 2 is 2.00 bits per heavy atom. The van der Waals surface area contributed by atoms with Crippen molar-refractivity contribution in [3.63, 3.8) is 0 Å². The van der Waals surface area contributed by atoms with Gasteiger partial charge in [-0.1, -0.05) is 0 Å². The van der Waals surface area contributed by atoms with E-state index >= 15 is 0 Å². The molecule has 0 aliphatic carbocycles. The number of hydrogen-bond donors (Lipinski definition) is 1. The predicted octanol–water partition coefficient (Wildman–Crippen LogP) is 2.19. The summed E-state index contributed by atoms with van der Waals surface area (Å²) >= 11 is -1.29. The molecular formula is C13H23ClHgO4. The molecule has 6 heteroatoms. The molecule has 2 heterocycles. The van der Waals surface area contributed by atoms with Crippen molar-refractivity contribution >= 4 is 8.25 Å². The maximum atomic E-state index is 10.4. The van der Waals surface area contributed by atoms with Crippen molar-refractivity contribution in [2.24, 2.45) is 11.8 Å². The Bertz CT molecular complexity index is 315. The van der Waals surface area contributed by atoms with Crippen molar-refractivity contribution in [2.45, 2.75) is 61.8 Å². The van der Waals surface area contributed by atoms with Crippen LogP contribution in [0.25, 0.3) is 0 Å². The molecule has 0 bridgehead atoms. The van der Waals surface area contributed by atoms with Crippen LogP contribution < -0.4 is 0 Å². The molecule has 0 aromatic carbocycles. The quantitative estimate of drug-likeness (QED) is 0.631. The van der Waals surface area contributed by atoms with Crippen LogP contribution in [-0.2, 0) is 37.6 Å². The normalized spacial score (nSPS) is 46.0. The summed E-state index contributed by atoms with van der Waals surface area (Å²) in [5.74, 6) is -0.343. The standard InChI is InChI=1S/C13H23O4.ClH.Hg/c1-7-9(3)16-12(8(2)11(7)14)10-6-15-13(4,5)17-10;;/h7-12,14H,3,6H2,1-2,4-5H3;1H;/q;;+1/p-1/t7-,8+,9+,10+,11-,12+;;/m0../s1. The van der Waals surface area contributed by atoms with Crippen LogP contribution in [0.4, 0.5) is 0 Å². The average Bonchev–Trinajstić information content (AvgIpc) is 2.70. The van der Waals surface area contributed by atoms with Gasteiger partial charge in [0.15, 0.2) is 0 Å². The Morgan fingerprint density at radius 3 is 2.53 bits per heavy atom. The van der Waals surface area contributed by atoms with Crippen LogP contribution in [0.5, 0.6) is 0 Å². The zero-order valence-corrected chi connectivity index (χ0v) is 18.4. The van der Waals surface area contributed by atoms with Gasteiger partial charge in [0.1, 0.15) is 0 Å². The van der Waals surface area contributed by atoms with E-state index in [1.165, 1.54) is 0 Å². The molecule has 4 nitrogen and oxygen atoms in total. The van der Waals surface area contributed by atoms with E-state index in [2.05, 4.69) is 6.92 Å². The number of aliphatic hydroxyl groups is 1. The fourth-order valence-corrected chi connectivity index (χ4v) is 8.38. The minimum atomic E-state index is -1.29. The Morgan fingerprint density at radius 1 is 1.32 bits per heavy atom. The van der Waals surface area contributed by atoms with Gasteiger partial charge in [-0.2, -0.15) is 0 Å². The zero-order chi connectivity index (χ0) is 14.2. The van der Waals surface area contributed by atoms with Gasteiger partial charge in [-0.15, -0.1) is 0 Å². The Labute approximate surface area is 131 Å². The molecule has 0 spiro atoms. The molecule has 2 rings (SSSR count). The van der Waals surface area contributed by atoms with Crippen LogP contribution in [0.1, 0.15) is 27.7 Å². The van der Waals surface area contributed by atoms with Gasteiger partial charge in [0, 0.05) is 0 Å². The molecule has 19 heavy (non-hydrogen) atoms. The van der Waals surface area contributed by atoms with Gasteiger partial charge in [-0.05, 0) is 0 Å². The molecule has 0 saturated carbocycles. The molecule has 2 saturated heterocycles. The Kier molecular flexibility index (Phi) is 5.58.